The van der Waals surface area contributed by atoms with E-state index in [0.29, 0.717) is 47.3 Å². The van der Waals surface area contributed by atoms with Crippen LogP contribution >= 0.6 is 11.3 Å². The first-order chi connectivity index (χ1) is 14.3. The molecule has 0 radical (unpaired) electrons. The van der Waals surface area contributed by atoms with Crippen molar-refractivity contribution in [1.82, 2.24) is 0 Å². The van der Waals surface area contributed by atoms with Crippen LogP contribution in [-0.2, 0) is 12.8 Å². The molecule has 4 rings (SSSR count). The van der Waals surface area contributed by atoms with Crippen molar-refractivity contribution in [3.8, 4) is 17.2 Å². The van der Waals surface area contributed by atoms with E-state index < -0.39 is 0 Å². The van der Waals surface area contributed by atoms with E-state index in [2.05, 4.69) is 20.8 Å². The predicted molar refractivity (Wildman–Crippen MR) is 118 cm³/mol. The van der Waals surface area contributed by atoms with Gasteiger partial charge in [-0.1, -0.05) is 13.8 Å². The number of ether oxygens (including phenoxy) is 3. The smallest absolute Gasteiger partial charge is 0.173 e. The quantitative estimate of drug-likeness (QED) is 0.591. The second kappa shape index (κ2) is 7.89. The van der Waals surface area contributed by atoms with Gasteiger partial charge in [0.15, 0.2) is 5.78 Å². The molecule has 0 aliphatic heterocycles. The molecule has 6 heteroatoms. The molecular formula is C24H30O5S. The van der Waals surface area contributed by atoms with Gasteiger partial charge in [0.1, 0.15) is 23.9 Å². The van der Waals surface area contributed by atoms with Gasteiger partial charge in [-0.25, -0.2) is 0 Å². The van der Waals surface area contributed by atoms with Crippen LogP contribution in [0.25, 0.3) is 0 Å². The van der Waals surface area contributed by atoms with Crippen LogP contribution in [0.5, 0.6) is 17.2 Å². The number of carbonyl (C=O) groups excluding carboxylic acids is 1. The number of aliphatic hydroxyl groups excluding tert-OH is 1. The van der Waals surface area contributed by atoms with E-state index in [1.54, 1.807) is 37.7 Å². The minimum atomic E-state index is -0.0651. The van der Waals surface area contributed by atoms with E-state index in [-0.39, 0.29) is 19.0 Å². The third-order valence-corrected chi connectivity index (χ3v) is 8.02. The van der Waals surface area contributed by atoms with Gasteiger partial charge in [-0.3, -0.25) is 4.79 Å². The average molecular weight is 431 g/mol. The molecule has 2 aliphatic carbocycles. The monoisotopic (exact) mass is 430 g/mol. The number of methoxy groups -OCH3 is 2. The average Bonchev–Trinajstić information content (AvgIpc) is 3.06. The van der Waals surface area contributed by atoms with E-state index in [1.807, 2.05) is 0 Å². The molecule has 5 nitrogen and oxygen atoms in total. The van der Waals surface area contributed by atoms with Gasteiger partial charge in [0, 0.05) is 29.0 Å². The number of thiophene rings is 1. The summed E-state index contributed by atoms with van der Waals surface area (Å²) in [5.74, 6) is 3.37. The SMILES string of the molecule is COc1cc(OCCO)cc(OC)c1CCC(=O)c1sc(C)c2c1C[C@@H]1[C@H]2C1(C)C. The Morgan fingerprint density at radius 3 is 2.50 bits per heavy atom. The number of aryl methyl sites for hydroxylation is 1. The Balaban J connectivity index is 1.53. The van der Waals surface area contributed by atoms with Crippen LogP contribution in [0.15, 0.2) is 12.1 Å². The maximum Gasteiger partial charge on any atom is 0.173 e. The highest BCUT2D eigenvalue weighted by atomic mass is 32.1. The fraction of sp³-hybridized carbons (Fsp3) is 0.542. The molecule has 2 aromatic rings. The van der Waals surface area contributed by atoms with Crippen LogP contribution < -0.4 is 14.2 Å². The Morgan fingerprint density at radius 2 is 1.90 bits per heavy atom. The van der Waals surface area contributed by atoms with Crippen LogP contribution in [0.3, 0.4) is 0 Å². The number of benzene rings is 1. The molecule has 1 aromatic carbocycles. The summed E-state index contributed by atoms with van der Waals surface area (Å²) in [6, 6.07) is 3.56. The fourth-order valence-corrected chi connectivity index (χ4v) is 6.36. The third kappa shape index (κ3) is 3.40. The topological polar surface area (TPSA) is 65.0 Å². The Morgan fingerprint density at radius 1 is 1.23 bits per heavy atom. The fourth-order valence-electron chi connectivity index (χ4n) is 5.16. The van der Waals surface area contributed by atoms with E-state index in [4.69, 9.17) is 19.3 Å². The zero-order valence-electron chi connectivity index (χ0n) is 18.3. The number of carbonyl (C=O) groups is 1. The summed E-state index contributed by atoms with van der Waals surface area (Å²) in [6.07, 6.45) is 1.99. The van der Waals surface area contributed by atoms with Crippen LogP contribution in [0.1, 0.15) is 57.4 Å². The van der Waals surface area contributed by atoms with Crippen LogP contribution in [-0.4, -0.2) is 38.3 Å². The van der Waals surface area contributed by atoms with Crippen molar-refractivity contribution in [1.29, 1.82) is 0 Å². The first kappa shape index (κ1) is 21.2. The number of hydrogen-bond acceptors (Lipinski definition) is 6. The van der Waals surface area contributed by atoms with Gasteiger partial charge < -0.3 is 19.3 Å². The highest BCUT2D eigenvalue weighted by molar-refractivity contribution is 7.14. The molecule has 2 atom stereocenters. The standard InChI is InChI=1S/C24H30O5S/c1-13-21-16(12-17-22(21)24(17,2)3)23(30-13)18(26)7-6-15-19(27-4)10-14(29-9-8-25)11-20(15)28-5/h10-11,17,22,25H,6-9,12H2,1-5H3/t17-,22-/m1/s1. The van der Waals surface area contributed by atoms with Crippen molar-refractivity contribution >= 4 is 17.1 Å². The van der Waals surface area contributed by atoms with Crippen molar-refractivity contribution in [3.05, 3.63) is 38.6 Å². The minimum Gasteiger partial charge on any atom is -0.496 e. The lowest BCUT2D eigenvalue weighted by atomic mass is 9.94. The molecule has 30 heavy (non-hydrogen) atoms. The van der Waals surface area contributed by atoms with Gasteiger partial charge >= 0.3 is 0 Å². The second-order valence-corrected chi connectivity index (χ2v) is 10.0. The molecule has 0 bridgehead atoms. The molecule has 1 aromatic heterocycles. The predicted octanol–water partition coefficient (Wildman–Crippen LogP) is 4.56. The zero-order chi connectivity index (χ0) is 21.6. The highest BCUT2D eigenvalue weighted by Gasteiger charge is 2.63. The normalized spacial score (nSPS) is 20.5. The van der Waals surface area contributed by atoms with Gasteiger partial charge in [0.05, 0.1) is 25.7 Å². The molecule has 1 saturated carbocycles. The summed E-state index contributed by atoms with van der Waals surface area (Å²) in [6.45, 7) is 6.98. The second-order valence-electron chi connectivity index (χ2n) is 8.79. The molecule has 1 fully saturated rings. The van der Waals surface area contributed by atoms with E-state index in [0.717, 1.165) is 16.9 Å². The molecule has 1 heterocycles. The first-order valence-corrected chi connectivity index (χ1v) is 11.3. The summed E-state index contributed by atoms with van der Waals surface area (Å²) in [5.41, 5.74) is 4.01. The number of rotatable bonds is 9. The summed E-state index contributed by atoms with van der Waals surface area (Å²) in [4.78, 5) is 15.4. The maximum atomic E-state index is 13.2. The number of Topliss-reactive ketones (excluding diaryl/α,β-unsaturated/α-hetero) is 1. The van der Waals surface area contributed by atoms with Crippen LogP contribution in [0, 0.1) is 18.3 Å². The van der Waals surface area contributed by atoms with Crippen LogP contribution in [0.4, 0.5) is 0 Å². The van der Waals surface area contributed by atoms with Crippen molar-refractivity contribution in [2.45, 2.75) is 46.0 Å². The first-order valence-electron chi connectivity index (χ1n) is 10.5. The number of hydrogen-bond donors (Lipinski definition) is 1. The molecule has 0 amide bonds. The van der Waals surface area contributed by atoms with E-state index in [9.17, 15) is 4.79 Å². The Labute approximate surface area is 182 Å². The van der Waals surface area contributed by atoms with Crippen LogP contribution in [0.2, 0.25) is 0 Å². The van der Waals surface area contributed by atoms with Gasteiger partial charge in [-0.2, -0.15) is 0 Å². The molecule has 0 unspecified atom stereocenters. The van der Waals surface area contributed by atoms with E-state index in [1.165, 1.54) is 16.0 Å². The largest absolute Gasteiger partial charge is 0.496 e. The van der Waals surface area contributed by atoms with E-state index >= 15 is 0 Å². The summed E-state index contributed by atoms with van der Waals surface area (Å²) >= 11 is 1.67. The summed E-state index contributed by atoms with van der Waals surface area (Å²) in [7, 11) is 3.19. The summed E-state index contributed by atoms with van der Waals surface area (Å²) in [5, 5.41) is 8.98. The lowest BCUT2D eigenvalue weighted by molar-refractivity contribution is 0.0985. The van der Waals surface area contributed by atoms with Gasteiger partial charge in [0.25, 0.3) is 0 Å². The van der Waals surface area contributed by atoms with Crippen molar-refractivity contribution in [3.63, 3.8) is 0 Å². The lowest BCUT2D eigenvalue weighted by Gasteiger charge is -2.15. The Bertz CT molecular complexity index is 949. The third-order valence-electron chi connectivity index (χ3n) is 6.82. The number of fused-ring (bicyclic) bond motifs is 3. The number of aliphatic hydroxyl groups is 1. The number of ketones is 1. The Kier molecular flexibility index (Phi) is 5.58. The molecule has 1 N–H and O–H groups in total. The van der Waals surface area contributed by atoms with Gasteiger partial charge in [-0.15, -0.1) is 11.3 Å². The molecule has 0 spiro atoms. The lowest BCUT2D eigenvalue weighted by Crippen LogP contribution is -2.07. The zero-order valence-corrected chi connectivity index (χ0v) is 19.1. The maximum absolute atomic E-state index is 13.2. The minimum absolute atomic E-state index is 0.0651. The molecule has 2 aliphatic rings. The van der Waals surface area contributed by atoms with Gasteiger partial charge in [0.2, 0.25) is 0 Å². The molecule has 0 saturated heterocycles. The summed E-state index contributed by atoms with van der Waals surface area (Å²) < 4.78 is 16.6. The molecular weight excluding hydrogens is 400 g/mol. The van der Waals surface area contributed by atoms with Gasteiger partial charge in [-0.05, 0) is 48.1 Å². The Hall–Kier alpha value is -2.05. The van der Waals surface area contributed by atoms with Crippen molar-refractivity contribution in [2.75, 3.05) is 27.4 Å². The van der Waals surface area contributed by atoms with Crippen molar-refractivity contribution in [2.24, 2.45) is 11.3 Å². The highest BCUT2D eigenvalue weighted by Crippen LogP contribution is 2.71. The molecule has 162 valence electrons. The van der Waals surface area contributed by atoms with Crippen molar-refractivity contribution < 1.29 is 24.1 Å².